The van der Waals surface area contributed by atoms with Crippen molar-refractivity contribution in [2.45, 2.75) is 51.0 Å². The maximum absolute atomic E-state index is 6.22. The van der Waals surface area contributed by atoms with Crippen molar-refractivity contribution < 1.29 is 9.26 Å². The summed E-state index contributed by atoms with van der Waals surface area (Å²) in [5.74, 6) is 1.29. The van der Waals surface area contributed by atoms with Crippen molar-refractivity contribution in [3.63, 3.8) is 0 Å². The molecule has 0 amide bonds. The third kappa shape index (κ3) is 2.64. The normalized spacial score (nSPS) is 28.7. The zero-order valence-corrected chi connectivity index (χ0v) is 12.7. The summed E-state index contributed by atoms with van der Waals surface area (Å²) in [4.78, 5) is 11.2. The number of ether oxygens (including phenoxy) is 1. The Hall–Kier alpha value is -1.79. The quantitative estimate of drug-likeness (QED) is 0.866. The molecule has 2 aromatic rings. The first-order chi connectivity index (χ1) is 10.8. The summed E-state index contributed by atoms with van der Waals surface area (Å²) in [6, 6.07) is 6.56. The molecular weight excluding hydrogens is 280 g/mol. The first-order valence-corrected chi connectivity index (χ1v) is 7.89. The van der Waals surface area contributed by atoms with Crippen LogP contribution in [-0.4, -0.2) is 38.7 Å². The molecule has 2 fully saturated rings. The van der Waals surface area contributed by atoms with Gasteiger partial charge in [0.2, 0.25) is 0 Å². The Labute approximate surface area is 129 Å². The lowest BCUT2D eigenvalue weighted by Crippen LogP contribution is -2.40. The van der Waals surface area contributed by atoms with Crippen molar-refractivity contribution in [1.29, 1.82) is 0 Å². The van der Waals surface area contributed by atoms with Crippen molar-refractivity contribution in [2.24, 2.45) is 0 Å². The van der Waals surface area contributed by atoms with Crippen LogP contribution in [0.25, 0.3) is 0 Å². The predicted octanol–water partition coefficient (Wildman–Crippen LogP) is 2.27. The number of nitrogens with zero attached hydrogens (tertiary/aromatic N) is 4. The third-order valence-electron chi connectivity index (χ3n) is 4.57. The Balaban J connectivity index is 1.42. The number of hydrogen-bond donors (Lipinski definition) is 0. The van der Waals surface area contributed by atoms with E-state index in [9.17, 15) is 0 Å². The van der Waals surface area contributed by atoms with Gasteiger partial charge in [-0.1, -0.05) is 11.2 Å². The summed E-state index contributed by atoms with van der Waals surface area (Å²) in [7, 11) is 0. The molecule has 4 rings (SSSR count). The summed E-state index contributed by atoms with van der Waals surface area (Å²) in [6.07, 6.45) is 5.16. The molecule has 0 saturated carbocycles. The van der Waals surface area contributed by atoms with Crippen molar-refractivity contribution in [1.82, 2.24) is 20.0 Å². The highest BCUT2D eigenvalue weighted by atomic mass is 16.5. The Morgan fingerprint density at radius 3 is 3.00 bits per heavy atom. The predicted molar refractivity (Wildman–Crippen MR) is 78.9 cm³/mol. The molecule has 0 radical (unpaired) electrons. The SMILES string of the molecule is Cc1noc([C@H]2CC[C@@H]3[C@@H](CCN3Cc3ccccn3)O2)n1. The maximum atomic E-state index is 6.22. The highest BCUT2D eigenvalue weighted by Crippen LogP contribution is 2.37. The van der Waals surface area contributed by atoms with E-state index in [1.165, 1.54) is 0 Å². The monoisotopic (exact) mass is 300 g/mol. The van der Waals surface area contributed by atoms with E-state index >= 15 is 0 Å². The molecule has 0 N–H and O–H groups in total. The molecule has 2 aromatic heterocycles. The smallest absolute Gasteiger partial charge is 0.255 e. The fraction of sp³-hybridized carbons (Fsp3) is 0.562. The molecule has 0 unspecified atom stereocenters. The van der Waals surface area contributed by atoms with E-state index in [0.29, 0.717) is 17.8 Å². The molecule has 2 saturated heterocycles. The number of aromatic nitrogens is 3. The average Bonchev–Trinajstić information content (AvgIpc) is 3.15. The first-order valence-electron chi connectivity index (χ1n) is 7.89. The van der Waals surface area contributed by atoms with Gasteiger partial charge in [-0.15, -0.1) is 0 Å². The topological polar surface area (TPSA) is 64.3 Å². The van der Waals surface area contributed by atoms with Crippen molar-refractivity contribution in [2.75, 3.05) is 6.54 Å². The van der Waals surface area contributed by atoms with Crippen LogP contribution in [0.2, 0.25) is 0 Å². The largest absolute Gasteiger partial charge is 0.363 e. The van der Waals surface area contributed by atoms with E-state index in [4.69, 9.17) is 9.26 Å². The van der Waals surface area contributed by atoms with Crippen molar-refractivity contribution >= 4 is 0 Å². The molecule has 0 bridgehead atoms. The Bertz CT molecular complexity index is 630. The molecule has 2 aliphatic heterocycles. The molecule has 6 nitrogen and oxygen atoms in total. The van der Waals surface area contributed by atoms with Gasteiger partial charge in [0.1, 0.15) is 6.10 Å². The van der Waals surface area contributed by atoms with E-state index in [2.05, 4.69) is 26.1 Å². The van der Waals surface area contributed by atoms with Crippen LogP contribution in [0.15, 0.2) is 28.9 Å². The van der Waals surface area contributed by atoms with Crippen LogP contribution in [0.5, 0.6) is 0 Å². The minimum atomic E-state index is -0.0442. The second kappa shape index (κ2) is 5.78. The minimum absolute atomic E-state index is 0.0442. The fourth-order valence-electron chi connectivity index (χ4n) is 3.54. The Morgan fingerprint density at radius 1 is 1.27 bits per heavy atom. The minimum Gasteiger partial charge on any atom is -0.363 e. The van der Waals surface area contributed by atoms with Crippen LogP contribution in [0.1, 0.15) is 42.8 Å². The molecule has 0 aromatic carbocycles. The number of fused-ring (bicyclic) bond motifs is 1. The lowest BCUT2D eigenvalue weighted by molar-refractivity contribution is -0.0832. The number of aryl methyl sites for hydroxylation is 1. The van der Waals surface area contributed by atoms with E-state index in [0.717, 1.165) is 38.0 Å². The van der Waals surface area contributed by atoms with E-state index in [1.807, 2.05) is 25.3 Å². The fourth-order valence-corrected chi connectivity index (χ4v) is 3.54. The van der Waals surface area contributed by atoms with Gasteiger partial charge in [-0.3, -0.25) is 9.88 Å². The summed E-state index contributed by atoms with van der Waals surface area (Å²) >= 11 is 0. The van der Waals surface area contributed by atoms with Gasteiger partial charge < -0.3 is 9.26 Å². The van der Waals surface area contributed by atoms with Crippen LogP contribution in [0.3, 0.4) is 0 Å². The van der Waals surface area contributed by atoms with E-state index in [1.54, 1.807) is 0 Å². The van der Waals surface area contributed by atoms with Crippen LogP contribution in [-0.2, 0) is 11.3 Å². The average molecular weight is 300 g/mol. The van der Waals surface area contributed by atoms with Gasteiger partial charge in [0, 0.05) is 25.3 Å². The summed E-state index contributed by atoms with van der Waals surface area (Å²) < 4.78 is 11.5. The molecule has 0 spiro atoms. The third-order valence-corrected chi connectivity index (χ3v) is 4.57. The van der Waals surface area contributed by atoms with Crippen molar-refractivity contribution in [3.8, 4) is 0 Å². The number of hydrogen-bond acceptors (Lipinski definition) is 6. The molecule has 6 heteroatoms. The van der Waals surface area contributed by atoms with Gasteiger partial charge in [0.25, 0.3) is 5.89 Å². The molecular formula is C16H20N4O2. The number of likely N-dealkylation sites (tertiary alicyclic amines) is 1. The van der Waals surface area contributed by atoms with Crippen LogP contribution in [0, 0.1) is 6.92 Å². The molecule has 4 heterocycles. The van der Waals surface area contributed by atoms with Gasteiger partial charge >= 0.3 is 0 Å². The zero-order valence-electron chi connectivity index (χ0n) is 12.7. The van der Waals surface area contributed by atoms with Crippen LogP contribution in [0.4, 0.5) is 0 Å². The highest BCUT2D eigenvalue weighted by Gasteiger charge is 2.41. The molecule has 2 aliphatic rings. The first kappa shape index (κ1) is 13.8. The van der Waals surface area contributed by atoms with Gasteiger partial charge in [-0.2, -0.15) is 4.98 Å². The van der Waals surface area contributed by atoms with Gasteiger partial charge in [-0.25, -0.2) is 0 Å². The summed E-state index contributed by atoms with van der Waals surface area (Å²) in [5, 5.41) is 3.86. The molecule has 3 atom stereocenters. The van der Waals surface area contributed by atoms with Gasteiger partial charge in [0.15, 0.2) is 5.82 Å². The second-order valence-corrected chi connectivity index (χ2v) is 6.07. The molecule has 0 aliphatic carbocycles. The lowest BCUT2D eigenvalue weighted by Gasteiger charge is -2.34. The zero-order chi connectivity index (χ0) is 14.9. The van der Waals surface area contributed by atoms with E-state index < -0.39 is 0 Å². The Morgan fingerprint density at radius 2 is 2.23 bits per heavy atom. The number of pyridine rings is 1. The standard InChI is InChI=1S/C16H20N4O2/c1-11-18-16(22-19-11)15-6-5-13-14(21-15)7-9-20(13)10-12-4-2-3-8-17-12/h2-4,8,13-15H,5-7,9-10H2,1H3/t13-,14-,15-/m1/s1. The summed E-state index contributed by atoms with van der Waals surface area (Å²) in [6.45, 7) is 3.79. The van der Waals surface area contributed by atoms with Crippen molar-refractivity contribution in [3.05, 3.63) is 41.8 Å². The van der Waals surface area contributed by atoms with E-state index in [-0.39, 0.29) is 12.2 Å². The number of rotatable bonds is 3. The molecule has 116 valence electrons. The van der Waals surface area contributed by atoms with Gasteiger partial charge in [0.05, 0.1) is 11.8 Å². The highest BCUT2D eigenvalue weighted by molar-refractivity contribution is 5.05. The summed E-state index contributed by atoms with van der Waals surface area (Å²) in [5.41, 5.74) is 1.12. The maximum Gasteiger partial charge on any atom is 0.255 e. The van der Waals surface area contributed by atoms with Gasteiger partial charge in [-0.05, 0) is 38.3 Å². The van der Waals surface area contributed by atoms with Crippen LogP contribution >= 0.6 is 0 Å². The molecule has 22 heavy (non-hydrogen) atoms. The van der Waals surface area contributed by atoms with Crippen LogP contribution < -0.4 is 0 Å². The lowest BCUT2D eigenvalue weighted by atomic mass is 9.99. The Kier molecular flexibility index (Phi) is 3.63. The second-order valence-electron chi connectivity index (χ2n) is 6.07.